The van der Waals surface area contributed by atoms with Crippen molar-refractivity contribution >= 4 is 34.6 Å². The van der Waals surface area contributed by atoms with Crippen LogP contribution in [0.1, 0.15) is 25.8 Å². The number of nitrogens with zero attached hydrogens (tertiary/aromatic N) is 5. The predicted octanol–water partition coefficient (Wildman–Crippen LogP) is 2.75. The van der Waals surface area contributed by atoms with E-state index in [0.29, 0.717) is 17.7 Å². The van der Waals surface area contributed by atoms with Crippen molar-refractivity contribution in [2.24, 2.45) is 17.3 Å². The Labute approximate surface area is 213 Å². The summed E-state index contributed by atoms with van der Waals surface area (Å²) in [5, 5.41) is 8.44. The number of rotatable bonds is 4. The highest BCUT2D eigenvalue weighted by molar-refractivity contribution is 6.31. The van der Waals surface area contributed by atoms with Crippen molar-refractivity contribution in [3.05, 3.63) is 41.3 Å². The van der Waals surface area contributed by atoms with Crippen molar-refractivity contribution < 1.29 is 14.3 Å². The lowest BCUT2D eigenvalue weighted by Crippen LogP contribution is -2.42. The number of hydrogen-bond donors (Lipinski definition) is 1. The minimum absolute atomic E-state index is 0.0709. The molecule has 10 heteroatoms. The van der Waals surface area contributed by atoms with E-state index in [4.69, 9.17) is 16.3 Å². The summed E-state index contributed by atoms with van der Waals surface area (Å²) in [6.45, 7) is 7.53. The van der Waals surface area contributed by atoms with Gasteiger partial charge in [-0.2, -0.15) is 5.10 Å². The van der Waals surface area contributed by atoms with Gasteiger partial charge in [0.2, 0.25) is 11.8 Å². The standard InChI is InChI=1S/C26H27ClN6O3/c1-26(2)20-21(26)25(35)32(24(20)34)11-14-7-18-22(29-13-30-33(18)12-14)17-8-15(27)9-19-23(17)31(5-6-36-19)16-3-4-28-10-16/h7-9,12-13,16,20-21,28H,3-6,10-11H2,1-2H3. The Morgan fingerprint density at radius 3 is 2.75 bits per heavy atom. The van der Waals surface area contributed by atoms with E-state index in [1.807, 2.05) is 38.2 Å². The van der Waals surface area contributed by atoms with Crippen LogP contribution < -0.4 is 15.0 Å². The Bertz CT molecular complexity index is 1400. The molecule has 2 amide bonds. The van der Waals surface area contributed by atoms with Crippen LogP contribution in [0.3, 0.4) is 0 Å². The number of aromatic nitrogens is 3. The Kier molecular flexibility index (Phi) is 4.70. The van der Waals surface area contributed by atoms with Gasteiger partial charge in [0, 0.05) is 35.4 Å². The van der Waals surface area contributed by atoms with Crippen molar-refractivity contribution in [1.29, 1.82) is 0 Å². The quantitative estimate of drug-likeness (QED) is 0.544. The summed E-state index contributed by atoms with van der Waals surface area (Å²) in [5.41, 5.74) is 4.02. The van der Waals surface area contributed by atoms with Gasteiger partial charge in [-0.25, -0.2) is 9.50 Å². The van der Waals surface area contributed by atoms with Crippen LogP contribution in [0.4, 0.5) is 5.69 Å². The van der Waals surface area contributed by atoms with Gasteiger partial charge in [0.25, 0.3) is 0 Å². The van der Waals surface area contributed by atoms with Crippen LogP contribution in [0.15, 0.2) is 30.7 Å². The minimum atomic E-state index is -0.219. The third-order valence-corrected chi connectivity index (χ3v) is 8.56. The molecule has 3 unspecified atom stereocenters. The number of benzene rings is 1. The van der Waals surface area contributed by atoms with Crippen LogP contribution in [0, 0.1) is 17.3 Å². The second-order valence-corrected chi connectivity index (χ2v) is 11.3. The summed E-state index contributed by atoms with van der Waals surface area (Å²) < 4.78 is 7.79. The first kappa shape index (κ1) is 22.1. The topological polar surface area (TPSA) is 92.1 Å². The summed E-state index contributed by atoms with van der Waals surface area (Å²) in [6, 6.07) is 6.14. The van der Waals surface area contributed by atoms with E-state index in [9.17, 15) is 9.59 Å². The van der Waals surface area contributed by atoms with Crippen molar-refractivity contribution in [2.45, 2.75) is 32.9 Å². The van der Waals surface area contributed by atoms with Crippen LogP contribution in [-0.2, 0) is 16.1 Å². The monoisotopic (exact) mass is 506 g/mol. The fraction of sp³-hybridized carbons (Fsp3) is 0.462. The van der Waals surface area contributed by atoms with E-state index >= 15 is 0 Å². The lowest BCUT2D eigenvalue weighted by molar-refractivity contribution is -0.143. The van der Waals surface area contributed by atoms with Crippen molar-refractivity contribution in [2.75, 3.05) is 31.1 Å². The van der Waals surface area contributed by atoms with Gasteiger partial charge in [0.05, 0.1) is 36.1 Å². The second kappa shape index (κ2) is 7.66. The van der Waals surface area contributed by atoms with Gasteiger partial charge in [0.1, 0.15) is 24.4 Å². The molecule has 3 aliphatic heterocycles. The molecular formula is C26H27ClN6O3. The molecule has 7 rings (SSSR count). The highest BCUT2D eigenvalue weighted by Gasteiger charge is 2.72. The molecule has 2 saturated heterocycles. The van der Waals surface area contributed by atoms with Gasteiger partial charge in [-0.1, -0.05) is 25.4 Å². The van der Waals surface area contributed by atoms with E-state index in [0.717, 1.165) is 59.8 Å². The summed E-state index contributed by atoms with van der Waals surface area (Å²) >= 11 is 6.54. The van der Waals surface area contributed by atoms with Crippen LogP contribution in [0.5, 0.6) is 5.75 Å². The Hall–Kier alpha value is -3.17. The zero-order valence-electron chi connectivity index (χ0n) is 20.2. The lowest BCUT2D eigenvalue weighted by atomic mass is 10.0. The first-order chi connectivity index (χ1) is 17.3. The third kappa shape index (κ3) is 3.12. The number of fused-ring (bicyclic) bond motifs is 3. The molecule has 186 valence electrons. The number of nitrogens with one attached hydrogen (secondary N) is 1. The van der Waals surface area contributed by atoms with E-state index in [2.05, 4.69) is 20.3 Å². The molecule has 4 aliphatic rings. The number of amides is 2. The molecule has 0 spiro atoms. The normalized spacial score (nSPS) is 26.4. The van der Waals surface area contributed by atoms with Gasteiger partial charge in [-0.05, 0) is 36.1 Å². The summed E-state index contributed by atoms with van der Waals surface area (Å²) in [5.74, 6) is 0.240. The van der Waals surface area contributed by atoms with Gasteiger partial charge in [0.15, 0.2) is 0 Å². The molecule has 5 heterocycles. The summed E-state index contributed by atoms with van der Waals surface area (Å²) in [7, 11) is 0. The van der Waals surface area contributed by atoms with Gasteiger partial charge in [-0.15, -0.1) is 0 Å². The second-order valence-electron chi connectivity index (χ2n) is 10.8. The number of hydrogen-bond acceptors (Lipinski definition) is 7. The first-order valence-corrected chi connectivity index (χ1v) is 12.8. The summed E-state index contributed by atoms with van der Waals surface area (Å²) in [6.07, 6.45) is 4.45. The number of anilines is 1. The number of carbonyl (C=O) groups is 2. The minimum Gasteiger partial charge on any atom is -0.489 e. The Morgan fingerprint density at radius 2 is 2.00 bits per heavy atom. The molecule has 9 nitrogen and oxygen atoms in total. The molecule has 3 fully saturated rings. The van der Waals surface area contributed by atoms with E-state index in [-0.39, 0.29) is 35.6 Å². The average molecular weight is 507 g/mol. The molecule has 1 N–H and O–H groups in total. The number of likely N-dealkylation sites (tertiary alicyclic amines) is 1. The van der Waals surface area contributed by atoms with Crippen LogP contribution in [0.25, 0.3) is 16.8 Å². The number of halogens is 1. The molecule has 36 heavy (non-hydrogen) atoms. The molecule has 1 saturated carbocycles. The molecule has 3 aromatic rings. The largest absolute Gasteiger partial charge is 0.489 e. The van der Waals surface area contributed by atoms with Crippen LogP contribution >= 0.6 is 11.6 Å². The van der Waals surface area contributed by atoms with Crippen molar-refractivity contribution in [1.82, 2.24) is 24.8 Å². The third-order valence-electron chi connectivity index (χ3n) is 8.34. The molecule has 3 atom stereocenters. The molecule has 0 bridgehead atoms. The van der Waals surface area contributed by atoms with Crippen LogP contribution in [-0.4, -0.2) is 63.6 Å². The van der Waals surface area contributed by atoms with Crippen molar-refractivity contribution in [3.63, 3.8) is 0 Å². The van der Waals surface area contributed by atoms with Gasteiger partial charge >= 0.3 is 0 Å². The fourth-order valence-electron chi connectivity index (χ4n) is 6.42. The van der Waals surface area contributed by atoms with E-state index in [1.54, 1.807) is 4.52 Å². The molecule has 0 radical (unpaired) electrons. The number of piperidine rings is 1. The van der Waals surface area contributed by atoms with Gasteiger partial charge < -0.3 is 15.0 Å². The maximum atomic E-state index is 12.9. The van der Waals surface area contributed by atoms with Crippen LogP contribution in [0.2, 0.25) is 5.02 Å². The maximum Gasteiger partial charge on any atom is 0.233 e. The van der Waals surface area contributed by atoms with Gasteiger partial charge in [-0.3, -0.25) is 14.5 Å². The fourth-order valence-corrected chi connectivity index (χ4v) is 6.63. The first-order valence-electron chi connectivity index (χ1n) is 12.5. The zero-order chi connectivity index (χ0) is 24.8. The molecule has 2 aromatic heterocycles. The number of carbonyl (C=O) groups excluding carboxylic acids is 2. The van der Waals surface area contributed by atoms with E-state index < -0.39 is 0 Å². The zero-order valence-corrected chi connectivity index (χ0v) is 21.0. The number of ether oxygens (including phenoxy) is 1. The Morgan fingerprint density at radius 1 is 1.19 bits per heavy atom. The predicted molar refractivity (Wildman–Crippen MR) is 134 cm³/mol. The highest BCUT2D eigenvalue weighted by Crippen LogP contribution is 2.63. The SMILES string of the molecule is CC1(C)C2C(=O)N(Cc3cc4c(-c5cc(Cl)cc6c5N(C5CCNC5)CCO6)ncnn4c3)C(=O)C21. The number of imide groups is 1. The smallest absolute Gasteiger partial charge is 0.233 e. The van der Waals surface area contributed by atoms with Crippen molar-refractivity contribution in [3.8, 4) is 17.0 Å². The highest BCUT2D eigenvalue weighted by atomic mass is 35.5. The molecule has 1 aromatic carbocycles. The average Bonchev–Trinajstić information content (AvgIpc) is 3.32. The molecule has 1 aliphatic carbocycles. The maximum absolute atomic E-state index is 12.9. The molecular weight excluding hydrogens is 480 g/mol. The van der Waals surface area contributed by atoms with E-state index in [1.165, 1.54) is 11.2 Å². The Balaban J connectivity index is 1.29. The summed E-state index contributed by atoms with van der Waals surface area (Å²) in [4.78, 5) is 34.2. The lowest BCUT2D eigenvalue weighted by Gasteiger charge is -2.37.